The quantitative estimate of drug-likeness (QED) is 0.386. The molecule has 0 aliphatic heterocycles. The number of nitrogens with zero attached hydrogens (tertiary/aromatic N) is 2. The Kier molecular flexibility index (Phi) is 5.99. The Hall–Kier alpha value is -4.51. The largest absolute Gasteiger partial charge is 0.343 e. The number of carbonyl (C=O) groups is 1. The van der Waals surface area contributed by atoms with E-state index in [1.165, 1.54) is 6.07 Å². The van der Waals surface area contributed by atoms with Gasteiger partial charge in [-0.25, -0.2) is 4.98 Å². The standard InChI is InChI=1S/C29H23N3O2/c33-26-16-17-32(20-22-12-6-2-7-13-22)25-19-24(23-14-8-3-9-15-23)30-29(28(25)26)31-27(34)18-21-10-4-1-5-11-21/h1-17,19H,18,20H2,(H,30,31,34). The van der Waals surface area contributed by atoms with Crippen LogP contribution in [0.1, 0.15) is 11.1 Å². The summed E-state index contributed by atoms with van der Waals surface area (Å²) in [7, 11) is 0. The highest BCUT2D eigenvalue weighted by atomic mass is 16.1. The lowest BCUT2D eigenvalue weighted by atomic mass is 10.1. The second-order valence-corrected chi connectivity index (χ2v) is 8.12. The first-order valence-electron chi connectivity index (χ1n) is 11.1. The monoisotopic (exact) mass is 445 g/mol. The summed E-state index contributed by atoms with van der Waals surface area (Å²) in [6.07, 6.45) is 1.99. The van der Waals surface area contributed by atoms with Crippen molar-refractivity contribution in [2.24, 2.45) is 0 Å². The second kappa shape index (κ2) is 9.55. The number of benzene rings is 3. The van der Waals surface area contributed by atoms with Crippen molar-refractivity contribution in [1.82, 2.24) is 9.55 Å². The summed E-state index contributed by atoms with van der Waals surface area (Å²) in [6.45, 7) is 0.591. The van der Waals surface area contributed by atoms with Gasteiger partial charge in [-0.05, 0) is 17.2 Å². The summed E-state index contributed by atoms with van der Waals surface area (Å²) in [5.74, 6) is 0.0627. The van der Waals surface area contributed by atoms with Crippen molar-refractivity contribution in [3.63, 3.8) is 0 Å². The van der Waals surface area contributed by atoms with Crippen LogP contribution in [0, 0.1) is 0 Å². The number of amides is 1. The predicted octanol–water partition coefficient (Wildman–Crippen LogP) is 5.29. The lowest BCUT2D eigenvalue weighted by Gasteiger charge is -2.15. The third kappa shape index (κ3) is 4.64. The van der Waals surface area contributed by atoms with Gasteiger partial charge in [-0.1, -0.05) is 91.0 Å². The van der Waals surface area contributed by atoms with Crippen LogP contribution in [0.2, 0.25) is 0 Å². The number of anilines is 1. The molecule has 0 bridgehead atoms. The first-order chi connectivity index (χ1) is 16.7. The molecule has 0 aliphatic rings. The van der Waals surface area contributed by atoms with E-state index >= 15 is 0 Å². The van der Waals surface area contributed by atoms with Crippen LogP contribution in [0.4, 0.5) is 5.82 Å². The lowest BCUT2D eigenvalue weighted by molar-refractivity contribution is -0.115. The average molecular weight is 446 g/mol. The summed E-state index contributed by atoms with van der Waals surface area (Å²) < 4.78 is 2.02. The molecule has 5 rings (SSSR count). The highest BCUT2D eigenvalue weighted by molar-refractivity contribution is 6.01. The molecule has 5 heteroatoms. The smallest absolute Gasteiger partial charge is 0.229 e. The number of fused-ring (bicyclic) bond motifs is 1. The van der Waals surface area contributed by atoms with Crippen LogP contribution in [0.3, 0.4) is 0 Å². The zero-order chi connectivity index (χ0) is 23.3. The van der Waals surface area contributed by atoms with Gasteiger partial charge in [0, 0.05) is 24.4 Å². The first-order valence-corrected chi connectivity index (χ1v) is 11.1. The number of carbonyl (C=O) groups excluding carboxylic acids is 1. The number of hydrogen-bond acceptors (Lipinski definition) is 3. The van der Waals surface area contributed by atoms with Crippen LogP contribution in [-0.2, 0) is 17.8 Å². The molecule has 1 N–H and O–H groups in total. The van der Waals surface area contributed by atoms with Gasteiger partial charge in [-0.3, -0.25) is 9.59 Å². The highest BCUT2D eigenvalue weighted by Gasteiger charge is 2.16. The van der Waals surface area contributed by atoms with E-state index < -0.39 is 0 Å². The van der Waals surface area contributed by atoms with E-state index in [2.05, 4.69) is 5.32 Å². The number of aromatic nitrogens is 2. The van der Waals surface area contributed by atoms with Gasteiger partial charge >= 0.3 is 0 Å². The Morgan fingerprint density at radius 2 is 1.41 bits per heavy atom. The van der Waals surface area contributed by atoms with Gasteiger partial charge in [0.25, 0.3) is 0 Å². The van der Waals surface area contributed by atoms with Crippen molar-refractivity contribution in [2.45, 2.75) is 13.0 Å². The zero-order valence-electron chi connectivity index (χ0n) is 18.5. The molecule has 3 aromatic carbocycles. The van der Waals surface area contributed by atoms with Gasteiger partial charge in [0.2, 0.25) is 5.91 Å². The van der Waals surface area contributed by atoms with E-state index in [-0.39, 0.29) is 23.6 Å². The van der Waals surface area contributed by atoms with Crippen molar-refractivity contribution in [3.05, 3.63) is 131 Å². The molecule has 0 atom stereocenters. The molecular weight excluding hydrogens is 422 g/mol. The third-order valence-electron chi connectivity index (χ3n) is 5.69. The predicted molar refractivity (Wildman–Crippen MR) is 136 cm³/mol. The van der Waals surface area contributed by atoms with Crippen LogP contribution in [-0.4, -0.2) is 15.5 Å². The van der Waals surface area contributed by atoms with Crippen LogP contribution in [0.15, 0.2) is 114 Å². The van der Waals surface area contributed by atoms with Crippen LogP contribution in [0.25, 0.3) is 22.2 Å². The van der Waals surface area contributed by atoms with Crippen molar-refractivity contribution < 1.29 is 4.79 Å². The van der Waals surface area contributed by atoms with Crippen molar-refractivity contribution >= 4 is 22.6 Å². The van der Waals surface area contributed by atoms with Crippen molar-refractivity contribution in [2.75, 3.05) is 5.32 Å². The van der Waals surface area contributed by atoms with E-state index in [4.69, 9.17) is 4.98 Å². The third-order valence-corrected chi connectivity index (χ3v) is 5.69. The highest BCUT2D eigenvalue weighted by Crippen LogP contribution is 2.26. The van der Waals surface area contributed by atoms with Crippen LogP contribution >= 0.6 is 0 Å². The van der Waals surface area contributed by atoms with Crippen molar-refractivity contribution in [3.8, 4) is 11.3 Å². The van der Waals surface area contributed by atoms with Gasteiger partial charge in [0.05, 0.1) is 23.0 Å². The maximum atomic E-state index is 13.0. The molecule has 0 radical (unpaired) electrons. The van der Waals surface area contributed by atoms with Crippen LogP contribution < -0.4 is 10.7 Å². The molecule has 0 spiro atoms. The maximum Gasteiger partial charge on any atom is 0.229 e. The number of rotatable bonds is 6. The summed E-state index contributed by atoms with van der Waals surface area (Å²) in [5, 5.41) is 3.31. The average Bonchev–Trinajstić information content (AvgIpc) is 2.87. The molecule has 0 fully saturated rings. The van der Waals surface area contributed by atoms with Gasteiger partial charge in [-0.2, -0.15) is 0 Å². The van der Waals surface area contributed by atoms with E-state index in [1.54, 1.807) is 6.20 Å². The fourth-order valence-electron chi connectivity index (χ4n) is 4.05. The Morgan fingerprint density at radius 3 is 2.09 bits per heavy atom. The molecule has 166 valence electrons. The second-order valence-electron chi connectivity index (χ2n) is 8.12. The number of hydrogen-bond donors (Lipinski definition) is 1. The van der Waals surface area contributed by atoms with Gasteiger partial charge in [-0.15, -0.1) is 0 Å². The van der Waals surface area contributed by atoms with E-state index in [0.29, 0.717) is 17.6 Å². The first kappa shape index (κ1) is 21.3. The number of nitrogens with one attached hydrogen (secondary N) is 1. The molecule has 0 saturated heterocycles. The molecule has 0 unspecified atom stereocenters. The minimum Gasteiger partial charge on any atom is -0.343 e. The molecule has 1 amide bonds. The molecule has 2 heterocycles. The summed E-state index contributed by atoms with van der Waals surface area (Å²) >= 11 is 0. The van der Waals surface area contributed by atoms with Crippen LogP contribution in [0.5, 0.6) is 0 Å². The lowest BCUT2D eigenvalue weighted by Crippen LogP contribution is -2.19. The topological polar surface area (TPSA) is 64.0 Å². The molecule has 0 aliphatic carbocycles. The minimum absolute atomic E-state index is 0.179. The fraction of sp³-hybridized carbons (Fsp3) is 0.0690. The normalized spacial score (nSPS) is 10.8. The minimum atomic E-state index is -0.219. The van der Waals surface area contributed by atoms with E-state index in [9.17, 15) is 9.59 Å². The van der Waals surface area contributed by atoms with E-state index in [1.807, 2.05) is 102 Å². The van der Waals surface area contributed by atoms with E-state index in [0.717, 1.165) is 22.2 Å². The molecule has 5 aromatic rings. The molecular formula is C29H23N3O2. The maximum absolute atomic E-state index is 13.0. The zero-order valence-corrected chi connectivity index (χ0v) is 18.5. The Bertz CT molecular complexity index is 1500. The van der Waals surface area contributed by atoms with Gasteiger partial charge in [0.15, 0.2) is 5.43 Å². The number of pyridine rings is 2. The van der Waals surface area contributed by atoms with Gasteiger partial charge < -0.3 is 9.88 Å². The van der Waals surface area contributed by atoms with Gasteiger partial charge in [0.1, 0.15) is 5.82 Å². The summed E-state index contributed by atoms with van der Waals surface area (Å²) in [4.78, 5) is 30.6. The Morgan fingerprint density at radius 1 is 0.794 bits per heavy atom. The molecule has 2 aromatic heterocycles. The Labute approximate surface area is 197 Å². The molecule has 0 saturated carbocycles. The summed E-state index contributed by atoms with van der Waals surface area (Å²) in [6, 6.07) is 32.8. The fourth-order valence-corrected chi connectivity index (χ4v) is 4.05. The SMILES string of the molecule is O=C(Cc1ccccc1)Nc1nc(-c2ccccc2)cc2c1c(=O)ccn2Cc1ccccc1. The Balaban J connectivity index is 1.63. The molecule has 34 heavy (non-hydrogen) atoms. The van der Waals surface area contributed by atoms with Crippen molar-refractivity contribution in [1.29, 1.82) is 0 Å². The summed E-state index contributed by atoms with van der Waals surface area (Å²) in [5.41, 5.74) is 4.15. The molecule has 5 nitrogen and oxygen atoms in total.